The molecule has 0 bridgehead atoms. The summed E-state index contributed by atoms with van der Waals surface area (Å²) in [6.45, 7) is 5.01. The SMILES string of the molecule is CC[C@@]12CCC[C@H]1[C@@H]1CC[C@H]3CC(=O)CC[C@]3(C)[C@H]1CC2. The van der Waals surface area contributed by atoms with E-state index in [9.17, 15) is 4.79 Å². The predicted molar refractivity (Wildman–Crippen MR) is 86.0 cm³/mol. The summed E-state index contributed by atoms with van der Waals surface area (Å²) < 4.78 is 0. The van der Waals surface area contributed by atoms with E-state index < -0.39 is 0 Å². The Morgan fingerprint density at radius 3 is 2.71 bits per heavy atom. The summed E-state index contributed by atoms with van der Waals surface area (Å²) in [4.78, 5) is 11.9. The second-order valence-electron chi connectivity index (χ2n) is 9.05. The van der Waals surface area contributed by atoms with Crippen LogP contribution >= 0.6 is 0 Å². The molecular formula is C20H32O. The first-order chi connectivity index (χ1) is 10.1. The van der Waals surface area contributed by atoms with E-state index in [0.717, 1.165) is 41.9 Å². The molecule has 0 aromatic rings. The van der Waals surface area contributed by atoms with Gasteiger partial charge < -0.3 is 0 Å². The molecule has 118 valence electrons. The highest BCUT2D eigenvalue weighted by molar-refractivity contribution is 5.79. The second kappa shape index (κ2) is 4.83. The number of carbonyl (C=O) groups is 1. The monoisotopic (exact) mass is 288 g/mol. The van der Waals surface area contributed by atoms with E-state index in [4.69, 9.17) is 0 Å². The maximum atomic E-state index is 11.9. The standard InChI is InChI=1S/C20H32O/c1-3-20-10-4-5-18(20)16-7-6-14-13-15(21)8-11-19(14,2)17(16)9-12-20/h14,16-18H,3-13H2,1-2H3/t14-,16+,17-,18-,19-,20-/m0/s1. The normalized spacial score (nSPS) is 53.0. The molecule has 0 aromatic carbocycles. The van der Waals surface area contributed by atoms with Crippen LogP contribution in [-0.4, -0.2) is 5.78 Å². The first-order valence-corrected chi connectivity index (χ1v) is 9.61. The molecule has 1 nitrogen and oxygen atoms in total. The van der Waals surface area contributed by atoms with Crippen LogP contribution in [0.4, 0.5) is 0 Å². The van der Waals surface area contributed by atoms with Crippen molar-refractivity contribution >= 4 is 5.78 Å². The molecule has 21 heavy (non-hydrogen) atoms. The minimum Gasteiger partial charge on any atom is -0.300 e. The van der Waals surface area contributed by atoms with Gasteiger partial charge in [0.1, 0.15) is 5.78 Å². The number of Topliss-reactive ketones (excluding diaryl/α,β-unsaturated/α-hetero) is 1. The van der Waals surface area contributed by atoms with Crippen LogP contribution in [0.15, 0.2) is 0 Å². The van der Waals surface area contributed by atoms with Crippen LogP contribution in [0, 0.1) is 34.5 Å². The third kappa shape index (κ3) is 1.91. The molecule has 6 atom stereocenters. The lowest BCUT2D eigenvalue weighted by Crippen LogP contribution is -2.53. The van der Waals surface area contributed by atoms with Crippen molar-refractivity contribution in [3.8, 4) is 0 Å². The molecule has 0 heterocycles. The second-order valence-corrected chi connectivity index (χ2v) is 9.05. The molecule has 4 aliphatic rings. The van der Waals surface area contributed by atoms with E-state index in [2.05, 4.69) is 13.8 Å². The van der Waals surface area contributed by atoms with Crippen molar-refractivity contribution in [2.24, 2.45) is 34.5 Å². The zero-order valence-electron chi connectivity index (χ0n) is 14.0. The highest BCUT2D eigenvalue weighted by Gasteiger charge is 2.58. The fourth-order valence-electron chi connectivity index (χ4n) is 7.46. The van der Waals surface area contributed by atoms with Gasteiger partial charge in [-0.25, -0.2) is 0 Å². The fourth-order valence-corrected chi connectivity index (χ4v) is 7.46. The summed E-state index contributed by atoms with van der Waals surface area (Å²) in [7, 11) is 0. The zero-order valence-corrected chi connectivity index (χ0v) is 14.0. The summed E-state index contributed by atoms with van der Waals surface area (Å²) in [5.41, 5.74) is 1.22. The Bertz CT molecular complexity index is 441. The molecular weight excluding hydrogens is 256 g/mol. The Balaban J connectivity index is 1.63. The summed E-state index contributed by atoms with van der Waals surface area (Å²) in [6.07, 6.45) is 14.6. The number of hydrogen-bond acceptors (Lipinski definition) is 1. The Morgan fingerprint density at radius 2 is 1.90 bits per heavy atom. The molecule has 0 N–H and O–H groups in total. The van der Waals surface area contributed by atoms with Crippen molar-refractivity contribution in [1.82, 2.24) is 0 Å². The minimum atomic E-state index is 0.499. The number of fused-ring (bicyclic) bond motifs is 5. The van der Waals surface area contributed by atoms with Gasteiger partial charge in [-0.15, -0.1) is 0 Å². The van der Waals surface area contributed by atoms with Crippen molar-refractivity contribution in [1.29, 1.82) is 0 Å². The van der Waals surface area contributed by atoms with E-state index >= 15 is 0 Å². The third-order valence-electron chi connectivity index (χ3n) is 8.71. The van der Waals surface area contributed by atoms with Crippen molar-refractivity contribution < 1.29 is 4.79 Å². The van der Waals surface area contributed by atoms with Gasteiger partial charge in [0, 0.05) is 12.8 Å². The quantitative estimate of drug-likeness (QED) is 0.633. The van der Waals surface area contributed by atoms with Crippen LogP contribution in [0.5, 0.6) is 0 Å². The summed E-state index contributed by atoms with van der Waals surface area (Å²) in [5, 5.41) is 0. The molecule has 0 aliphatic heterocycles. The predicted octanol–water partition coefficient (Wildman–Crippen LogP) is 5.38. The first-order valence-electron chi connectivity index (χ1n) is 9.61. The Morgan fingerprint density at radius 1 is 1.05 bits per heavy atom. The average molecular weight is 288 g/mol. The molecule has 0 amide bonds. The van der Waals surface area contributed by atoms with Gasteiger partial charge in [0.2, 0.25) is 0 Å². The van der Waals surface area contributed by atoms with Crippen LogP contribution in [0.3, 0.4) is 0 Å². The van der Waals surface area contributed by atoms with Gasteiger partial charge in [0.25, 0.3) is 0 Å². The average Bonchev–Trinajstić information content (AvgIpc) is 2.92. The maximum Gasteiger partial charge on any atom is 0.133 e. The molecule has 0 unspecified atom stereocenters. The molecule has 4 fully saturated rings. The van der Waals surface area contributed by atoms with Crippen LogP contribution < -0.4 is 0 Å². The lowest BCUT2D eigenvalue weighted by Gasteiger charge is -2.60. The van der Waals surface area contributed by atoms with E-state index in [1.807, 2.05) is 0 Å². The van der Waals surface area contributed by atoms with Gasteiger partial charge in [-0.2, -0.15) is 0 Å². The highest BCUT2D eigenvalue weighted by Crippen LogP contribution is 2.66. The Labute approximate surface area is 130 Å². The maximum absolute atomic E-state index is 11.9. The molecule has 0 saturated heterocycles. The van der Waals surface area contributed by atoms with Crippen LogP contribution in [0.25, 0.3) is 0 Å². The van der Waals surface area contributed by atoms with E-state index in [0.29, 0.717) is 11.2 Å². The van der Waals surface area contributed by atoms with Gasteiger partial charge in [-0.1, -0.05) is 26.7 Å². The molecule has 0 spiro atoms. The lowest BCUT2D eigenvalue weighted by molar-refractivity contribution is -0.138. The highest BCUT2D eigenvalue weighted by atomic mass is 16.1. The lowest BCUT2D eigenvalue weighted by atomic mass is 9.45. The zero-order chi connectivity index (χ0) is 14.7. The van der Waals surface area contributed by atoms with Crippen molar-refractivity contribution in [2.45, 2.75) is 84.5 Å². The molecule has 1 heteroatoms. The van der Waals surface area contributed by atoms with Crippen LogP contribution in [-0.2, 0) is 4.79 Å². The smallest absolute Gasteiger partial charge is 0.133 e. The Hall–Kier alpha value is -0.330. The molecule has 4 rings (SSSR count). The number of hydrogen-bond donors (Lipinski definition) is 0. The minimum absolute atomic E-state index is 0.499. The largest absolute Gasteiger partial charge is 0.300 e. The molecule has 4 saturated carbocycles. The third-order valence-corrected chi connectivity index (χ3v) is 8.71. The Kier molecular flexibility index (Phi) is 3.28. The first kappa shape index (κ1) is 14.3. The van der Waals surface area contributed by atoms with E-state index in [1.165, 1.54) is 57.8 Å². The summed E-state index contributed by atoms with van der Waals surface area (Å²) in [6, 6.07) is 0. The topological polar surface area (TPSA) is 17.1 Å². The molecule has 4 aliphatic carbocycles. The fraction of sp³-hybridized carbons (Fsp3) is 0.950. The van der Waals surface area contributed by atoms with E-state index in [1.54, 1.807) is 0 Å². The van der Waals surface area contributed by atoms with Crippen LogP contribution in [0.1, 0.15) is 84.5 Å². The van der Waals surface area contributed by atoms with Crippen molar-refractivity contribution in [2.75, 3.05) is 0 Å². The van der Waals surface area contributed by atoms with Gasteiger partial charge in [0.05, 0.1) is 0 Å². The molecule has 0 aromatic heterocycles. The number of rotatable bonds is 1. The summed E-state index contributed by atoms with van der Waals surface area (Å²) >= 11 is 0. The van der Waals surface area contributed by atoms with Gasteiger partial charge >= 0.3 is 0 Å². The van der Waals surface area contributed by atoms with Crippen LogP contribution in [0.2, 0.25) is 0 Å². The van der Waals surface area contributed by atoms with E-state index in [-0.39, 0.29) is 0 Å². The van der Waals surface area contributed by atoms with Crippen molar-refractivity contribution in [3.05, 3.63) is 0 Å². The number of carbonyl (C=O) groups excluding carboxylic acids is 1. The van der Waals surface area contributed by atoms with Gasteiger partial charge in [-0.05, 0) is 79.4 Å². The van der Waals surface area contributed by atoms with Gasteiger partial charge in [0.15, 0.2) is 0 Å². The molecule has 0 radical (unpaired) electrons. The summed E-state index contributed by atoms with van der Waals surface area (Å²) in [5.74, 6) is 4.23. The number of ketones is 1. The van der Waals surface area contributed by atoms with Gasteiger partial charge in [-0.3, -0.25) is 4.79 Å². The van der Waals surface area contributed by atoms with Crippen molar-refractivity contribution in [3.63, 3.8) is 0 Å².